The lowest BCUT2D eigenvalue weighted by Gasteiger charge is -2.00. The summed E-state index contributed by atoms with van der Waals surface area (Å²) in [5.41, 5.74) is -0.00472. The van der Waals surface area contributed by atoms with Crippen molar-refractivity contribution in [3.05, 3.63) is 45.0 Å². The van der Waals surface area contributed by atoms with Crippen molar-refractivity contribution in [1.29, 1.82) is 0 Å². The molecule has 1 aromatic heterocycles. The van der Waals surface area contributed by atoms with Gasteiger partial charge in [-0.05, 0) is 28.1 Å². The van der Waals surface area contributed by atoms with Crippen LogP contribution in [0.4, 0.5) is 0 Å². The van der Waals surface area contributed by atoms with E-state index in [-0.39, 0.29) is 5.82 Å². The Morgan fingerprint density at radius 2 is 2.06 bits per heavy atom. The van der Waals surface area contributed by atoms with Crippen LogP contribution in [0.25, 0.3) is 5.69 Å². The molecule has 0 aliphatic rings. The van der Waals surface area contributed by atoms with Gasteiger partial charge in [-0.3, -0.25) is 4.57 Å². The van der Waals surface area contributed by atoms with Crippen molar-refractivity contribution in [2.24, 2.45) is 7.05 Å². The summed E-state index contributed by atoms with van der Waals surface area (Å²) in [5, 5.41) is 12.6. The molecule has 0 saturated carbocycles. The first-order chi connectivity index (χ1) is 8.02. The predicted octanol–water partition coefficient (Wildman–Crippen LogP) is 1.03. The van der Waals surface area contributed by atoms with E-state index in [0.29, 0.717) is 10.2 Å². The minimum Gasteiger partial charge on any atom is -0.475 e. The third-order valence-corrected chi connectivity index (χ3v) is 2.92. The molecule has 0 amide bonds. The lowest BCUT2D eigenvalue weighted by atomic mass is 10.3. The van der Waals surface area contributed by atoms with Crippen LogP contribution in [0.1, 0.15) is 10.6 Å². The van der Waals surface area contributed by atoms with Gasteiger partial charge >= 0.3 is 11.7 Å². The molecule has 2 rings (SSSR count). The number of aromatic carboxylic acids is 1. The van der Waals surface area contributed by atoms with Crippen LogP contribution in [0.3, 0.4) is 0 Å². The summed E-state index contributed by atoms with van der Waals surface area (Å²) in [7, 11) is 1.37. The molecule has 7 heteroatoms. The van der Waals surface area contributed by atoms with Gasteiger partial charge in [0.05, 0.1) is 5.69 Å². The van der Waals surface area contributed by atoms with Gasteiger partial charge in [-0.1, -0.05) is 12.1 Å². The summed E-state index contributed by atoms with van der Waals surface area (Å²) in [6.07, 6.45) is 0. The standard InChI is InChI=1S/C10H8BrN3O3/c1-13-8(9(15)16)12-14(10(13)17)7-5-3-2-4-6(7)11/h2-5H,1H3,(H,15,16). The van der Waals surface area contributed by atoms with Crippen molar-refractivity contribution in [3.63, 3.8) is 0 Å². The predicted molar refractivity (Wildman–Crippen MR) is 63.5 cm³/mol. The Bertz CT molecular complexity index is 644. The normalized spacial score (nSPS) is 10.5. The SMILES string of the molecule is Cn1c(C(=O)O)nn(-c2ccccc2Br)c1=O. The molecule has 17 heavy (non-hydrogen) atoms. The Balaban J connectivity index is 2.70. The van der Waals surface area contributed by atoms with E-state index in [9.17, 15) is 9.59 Å². The monoisotopic (exact) mass is 297 g/mol. The fraction of sp³-hybridized carbons (Fsp3) is 0.100. The molecule has 1 heterocycles. The fourth-order valence-electron chi connectivity index (χ4n) is 1.40. The smallest absolute Gasteiger partial charge is 0.374 e. The molecule has 6 nitrogen and oxygen atoms in total. The summed E-state index contributed by atoms with van der Waals surface area (Å²) < 4.78 is 2.70. The second kappa shape index (κ2) is 4.17. The highest BCUT2D eigenvalue weighted by atomic mass is 79.9. The first kappa shape index (κ1) is 11.6. The number of nitrogens with zero attached hydrogens (tertiary/aromatic N) is 3. The Morgan fingerprint density at radius 3 is 2.59 bits per heavy atom. The molecule has 0 atom stereocenters. The molecule has 0 unspecified atom stereocenters. The number of carbonyl (C=O) groups is 1. The molecular formula is C10H8BrN3O3. The summed E-state index contributed by atoms with van der Waals surface area (Å²) in [4.78, 5) is 22.7. The van der Waals surface area contributed by atoms with Crippen LogP contribution in [0.2, 0.25) is 0 Å². The van der Waals surface area contributed by atoms with Crippen LogP contribution < -0.4 is 5.69 Å². The maximum absolute atomic E-state index is 11.8. The number of halogens is 1. The lowest BCUT2D eigenvalue weighted by molar-refractivity contribution is 0.0678. The van der Waals surface area contributed by atoms with Crippen molar-refractivity contribution in [1.82, 2.24) is 14.3 Å². The molecule has 88 valence electrons. The van der Waals surface area contributed by atoms with E-state index < -0.39 is 11.7 Å². The molecule has 0 spiro atoms. The zero-order valence-electron chi connectivity index (χ0n) is 8.79. The number of carboxylic acids is 1. The summed E-state index contributed by atoms with van der Waals surface area (Å²) in [6.45, 7) is 0. The van der Waals surface area contributed by atoms with Crippen molar-refractivity contribution in [3.8, 4) is 5.69 Å². The van der Waals surface area contributed by atoms with Gasteiger partial charge in [-0.25, -0.2) is 9.59 Å². The van der Waals surface area contributed by atoms with Crippen molar-refractivity contribution in [2.75, 3.05) is 0 Å². The first-order valence-corrected chi connectivity index (χ1v) is 5.46. The van der Waals surface area contributed by atoms with Gasteiger partial charge in [0, 0.05) is 11.5 Å². The van der Waals surface area contributed by atoms with Crippen molar-refractivity contribution < 1.29 is 9.90 Å². The van der Waals surface area contributed by atoms with Crippen LogP contribution in [0.15, 0.2) is 33.5 Å². The number of hydrogen-bond acceptors (Lipinski definition) is 3. The van der Waals surface area contributed by atoms with Gasteiger partial charge in [0.25, 0.3) is 0 Å². The zero-order valence-corrected chi connectivity index (χ0v) is 10.4. The molecule has 0 aliphatic heterocycles. The second-order valence-electron chi connectivity index (χ2n) is 3.33. The summed E-state index contributed by atoms with van der Waals surface area (Å²) in [5.74, 6) is -1.54. The maximum Gasteiger partial charge on any atom is 0.374 e. The minimum atomic E-state index is -1.24. The number of carboxylic acid groups (broad SMARTS) is 1. The van der Waals surface area contributed by atoms with E-state index in [1.165, 1.54) is 7.05 Å². The largest absolute Gasteiger partial charge is 0.475 e. The number of rotatable bonds is 2. The summed E-state index contributed by atoms with van der Waals surface area (Å²) in [6, 6.07) is 6.95. The van der Waals surface area contributed by atoms with E-state index in [0.717, 1.165) is 9.25 Å². The second-order valence-corrected chi connectivity index (χ2v) is 4.19. The average Bonchev–Trinajstić information content (AvgIpc) is 2.57. The zero-order chi connectivity index (χ0) is 12.6. The molecule has 1 aromatic carbocycles. The molecule has 0 radical (unpaired) electrons. The summed E-state index contributed by atoms with van der Waals surface area (Å²) >= 11 is 3.28. The maximum atomic E-state index is 11.8. The van der Waals surface area contributed by atoms with Gasteiger partial charge < -0.3 is 5.11 Å². The lowest BCUT2D eigenvalue weighted by Crippen LogP contribution is -2.22. The van der Waals surface area contributed by atoms with E-state index in [1.54, 1.807) is 24.3 Å². The minimum absolute atomic E-state index is 0.300. The van der Waals surface area contributed by atoms with Crippen molar-refractivity contribution in [2.45, 2.75) is 0 Å². The first-order valence-electron chi connectivity index (χ1n) is 4.66. The molecule has 2 aromatic rings. The van der Waals surface area contributed by atoms with Crippen LogP contribution in [-0.4, -0.2) is 25.4 Å². The third kappa shape index (κ3) is 1.89. The van der Waals surface area contributed by atoms with Crippen molar-refractivity contribution >= 4 is 21.9 Å². The van der Waals surface area contributed by atoms with Gasteiger partial charge in [0.1, 0.15) is 0 Å². The van der Waals surface area contributed by atoms with E-state index in [4.69, 9.17) is 5.11 Å². The average molecular weight is 298 g/mol. The topological polar surface area (TPSA) is 77.1 Å². The molecular weight excluding hydrogens is 290 g/mol. The quantitative estimate of drug-likeness (QED) is 0.898. The molecule has 0 saturated heterocycles. The molecule has 0 aliphatic carbocycles. The molecule has 1 N–H and O–H groups in total. The number of benzene rings is 1. The van der Waals surface area contributed by atoms with Crippen LogP contribution in [-0.2, 0) is 7.05 Å². The highest BCUT2D eigenvalue weighted by Crippen LogP contribution is 2.18. The number of aromatic nitrogens is 3. The molecule has 0 bridgehead atoms. The van der Waals surface area contributed by atoms with E-state index >= 15 is 0 Å². The van der Waals surface area contributed by atoms with Crippen LogP contribution in [0.5, 0.6) is 0 Å². The van der Waals surface area contributed by atoms with E-state index in [1.807, 2.05) is 0 Å². The van der Waals surface area contributed by atoms with Crippen LogP contribution in [0, 0.1) is 0 Å². The van der Waals surface area contributed by atoms with Gasteiger partial charge in [0.2, 0.25) is 5.82 Å². The Hall–Kier alpha value is -1.89. The van der Waals surface area contributed by atoms with Gasteiger partial charge in [-0.2, -0.15) is 4.68 Å². The highest BCUT2D eigenvalue weighted by Gasteiger charge is 2.18. The highest BCUT2D eigenvalue weighted by molar-refractivity contribution is 9.10. The Labute approximate surface area is 104 Å². The molecule has 0 fully saturated rings. The Morgan fingerprint density at radius 1 is 1.41 bits per heavy atom. The Kier molecular flexibility index (Phi) is 2.84. The fourth-order valence-corrected chi connectivity index (χ4v) is 1.86. The number of para-hydroxylation sites is 1. The number of hydrogen-bond donors (Lipinski definition) is 1. The third-order valence-electron chi connectivity index (χ3n) is 2.25. The van der Waals surface area contributed by atoms with Crippen LogP contribution >= 0.6 is 15.9 Å². The van der Waals surface area contributed by atoms with Gasteiger partial charge in [0.15, 0.2) is 0 Å². The van der Waals surface area contributed by atoms with Gasteiger partial charge in [-0.15, -0.1) is 5.10 Å². The van der Waals surface area contributed by atoms with E-state index in [2.05, 4.69) is 21.0 Å².